The summed E-state index contributed by atoms with van der Waals surface area (Å²) in [4.78, 5) is 0. The smallest absolute Gasteiger partial charge is 0.0656 e. The van der Waals surface area contributed by atoms with Crippen LogP contribution in [0.2, 0.25) is 123 Å². The molecule has 3 aromatic carbocycles. The minimum atomic E-state index is -2.87. The summed E-state index contributed by atoms with van der Waals surface area (Å²) in [6.07, 6.45) is 0. The third kappa shape index (κ3) is 8.42. The first-order valence-corrected chi connectivity index (χ1v) is 44.4. The van der Waals surface area contributed by atoms with Crippen LogP contribution in [-0.4, -0.2) is 56.5 Å². The molecule has 0 atom stereocenters. The van der Waals surface area contributed by atoms with Crippen LogP contribution in [0, 0.1) is 20.8 Å². The van der Waals surface area contributed by atoms with Crippen LogP contribution in [0.5, 0.6) is 0 Å². The van der Waals surface area contributed by atoms with Gasteiger partial charge in [0.1, 0.15) is 0 Å². The Labute approximate surface area is 348 Å². The third-order valence-electron chi connectivity index (χ3n) is 13.1. The van der Waals surface area contributed by atoms with Gasteiger partial charge in [-0.2, -0.15) is 0 Å². The van der Waals surface area contributed by atoms with Crippen LogP contribution >= 0.6 is 0 Å². The van der Waals surface area contributed by atoms with Crippen molar-refractivity contribution in [1.82, 2.24) is 0 Å². The monoisotopic (exact) mass is 854 g/mol. The highest BCUT2D eigenvalue weighted by molar-refractivity contribution is 7.14. The molecule has 0 nitrogen and oxygen atoms in total. The van der Waals surface area contributed by atoms with Crippen LogP contribution in [0.4, 0.5) is 0 Å². The summed E-state index contributed by atoms with van der Waals surface area (Å²) in [6.45, 7) is 64.2. The molecule has 0 heterocycles. The number of hydrogen-bond acceptors (Lipinski definition) is 0. The van der Waals surface area contributed by atoms with Crippen molar-refractivity contribution in [3.63, 3.8) is 0 Å². The van der Waals surface area contributed by atoms with E-state index < -0.39 is 56.5 Å². The molecule has 0 aromatic heterocycles. The molecular weight excluding hydrogens is 773 g/mol. The number of hydrogen-bond donors (Lipinski definition) is 0. The van der Waals surface area contributed by atoms with Gasteiger partial charge < -0.3 is 0 Å². The normalized spacial score (nSPS) is 15.9. The van der Waals surface area contributed by atoms with E-state index in [-0.39, 0.29) is 0 Å². The lowest BCUT2D eigenvalue weighted by Gasteiger charge is -2.45. The number of aryl methyl sites for hydroxylation is 3. The summed E-state index contributed by atoms with van der Waals surface area (Å²) in [7, 11) is -13.0. The average Bonchev–Trinajstić information content (AvgIpc) is 3.15. The van der Waals surface area contributed by atoms with Gasteiger partial charge in [0.15, 0.2) is 8.07 Å². The van der Waals surface area contributed by atoms with Gasteiger partial charge >= 0.3 is 0 Å². The Bertz CT molecular complexity index is 1850. The van der Waals surface area contributed by atoms with Gasteiger partial charge in [-0.1, -0.05) is 213 Å². The molecule has 0 saturated heterocycles. The molecule has 0 fully saturated rings. The van der Waals surface area contributed by atoms with Crippen LogP contribution in [0.1, 0.15) is 44.4 Å². The molecular formula is C48H82Si7. The van der Waals surface area contributed by atoms with E-state index in [0.717, 1.165) is 0 Å². The summed E-state index contributed by atoms with van der Waals surface area (Å²) in [6, 6.07) is 16.9. The standard InChI is InChI=1S/C48H82Si7/c1-32-26-39(29-42(49(8,9)10)45(32)52(17,18)19)55(48-37(6)35(4)36(5)38(48)7,40-27-33(2)46(53(20,21)22)43(30-40)50(11,12)13)41-28-34(3)47(54(23,24)25)44(31-41)51(14,15)16/h26-31,48H,1-25H3. The molecule has 302 valence electrons. The van der Waals surface area contributed by atoms with Gasteiger partial charge in [0.05, 0.1) is 48.4 Å². The van der Waals surface area contributed by atoms with Crippen molar-refractivity contribution in [2.75, 3.05) is 0 Å². The van der Waals surface area contributed by atoms with E-state index in [2.05, 4.69) is 203 Å². The molecule has 0 radical (unpaired) electrons. The van der Waals surface area contributed by atoms with E-state index in [4.69, 9.17) is 0 Å². The maximum atomic E-state index is 2.87. The van der Waals surface area contributed by atoms with E-state index >= 15 is 0 Å². The lowest BCUT2D eigenvalue weighted by atomic mass is 10.1. The number of benzene rings is 3. The quantitative estimate of drug-likeness (QED) is 0.141. The second-order valence-corrected chi connectivity index (χ2v) is 58.0. The first-order chi connectivity index (χ1) is 24.5. The number of allylic oxidation sites excluding steroid dienone is 4. The summed E-state index contributed by atoms with van der Waals surface area (Å²) in [5.74, 6) is 0. The zero-order valence-corrected chi connectivity index (χ0v) is 47.5. The van der Waals surface area contributed by atoms with Gasteiger partial charge in [-0.15, -0.1) is 0 Å². The predicted octanol–water partition coefficient (Wildman–Crippen LogP) is 9.41. The van der Waals surface area contributed by atoms with Gasteiger partial charge in [-0.05, 0) is 75.2 Å². The van der Waals surface area contributed by atoms with Crippen molar-refractivity contribution >= 4 is 103 Å². The Morgan fingerprint density at radius 2 is 0.527 bits per heavy atom. The fourth-order valence-corrected chi connectivity index (χ4v) is 35.2. The minimum absolute atomic E-state index is 0.373. The SMILES string of the molecule is CC1=C(C)C([Si](c2cc(C)c([Si](C)(C)C)c([Si](C)(C)C)c2)(c2cc(C)c([Si](C)(C)C)c([Si](C)(C)C)c2)c2cc(C)c([Si](C)(C)C)c([Si](C)(C)C)c2)C(C)=C1C. The van der Waals surface area contributed by atoms with Crippen LogP contribution in [0.15, 0.2) is 58.7 Å². The number of rotatable bonds is 10. The highest BCUT2D eigenvalue weighted by Crippen LogP contribution is 2.46. The average molecular weight is 856 g/mol. The van der Waals surface area contributed by atoms with Gasteiger partial charge in [0, 0.05) is 5.54 Å². The third-order valence-corrected chi connectivity index (χ3v) is 31.7. The molecule has 1 aliphatic carbocycles. The molecule has 0 unspecified atom stereocenters. The molecule has 0 saturated carbocycles. The fraction of sp³-hybridized carbons (Fsp3) is 0.542. The van der Waals surface area contributed by atoms with E-state index in [1.807, 2.05) is 0 Å². The lowest BCUT2D eigenvalue weighted by molar-refractivity contribution is 1.09. The first kappa shape index (κ1) is 46.3. The van der Waals surface area contributed by atoms with Crippen molar-refractivity contribution in [3.8, 4) is 0 Å². The zero-order chi connectivity index (χ0) is 42.6. The summed E-state index contributed by atoms with van der Waals surface area (Å²) in [5.41, 5.74) is 11.3. The summed E-state index contributed by atoms with van der Waals surface area (Å²) < 4.78 is 0. The molecule has 1 aliphatic rings. The highest BCUT2D eigenvalue weighted by atomic mass is 28.3. The second-order valence-electron chi connectivity index (χ2n) is 24.0. The van der Waals surface area contributed by atoms with E-state index in [0.29, 0.717) is 5.54 Å². The Balaban J connectivity index is 2.55. The van der Waals surface area contributed by atoms with Gasteiger partial charge in [-0.3, -0.25) is 0 Å². The molecule has 0 amide bonds. The van der Waals surface area contributed by atoms with Gasteiger partial charge in [0.25, 0.3) is 0 Å². The molecule has 0 bridgehead atoms. The van der Waals surface area contributed by atoms with Crippen LogP contribution in [0.25, 0.3) is 0 Å². The molecule has 55 heavy (non-hydrogen) atoms. The first-order valence-electron chi connectivity index (χ1n) is 21.3. The topological polar surface area (TPSA) is 0 Å². The molecule has 0 aliphatic heterocycles. The maximum Gasteiger partial charge on any atom is 0.159 e. The van der Waals surface area contributed by atoms with E-state index in [1.165, 1.54) is 11.1 Å². The van der Waals surface area contributed by atoms with Crippen molar-refractivity contribution in [2.45, 2.75) is 172 Å². The van der Waals surface area contributed by atoms with Gasteiger partial charge in [0.2, 0.25) is 0 Å². The van der Waals surface area contributed by atoms with Crippen molar-refractivity contribution in [2.24, 2.45) is 0 Å². The van der Waals surface area contributed by atoms with Crippen LogP contribution < -0.4 is 46.7 Å². The van der Waals surface area contributed by atoms with Crippen LogP contribution in [-0.2, 0) is 0 Å². The fourth-order valence-electron chi connectivity index (χ4n) is 10.8. The molecule has 3 aromatic rings. The Hall–Kier alpha value is -1.34. The molecule has 0 spiro atoms. The molecule has 7 heteroatoms. The predicted molar refractivity (Wildman–Crippen MR) is 277 cm³/mol. The van der Waals surface area contributed by atoms with Crippen molar-refractivity contribution in [1.29, 1.82) is 0 Å². The largest absolute Gasteiger partial charge is 0.159 e. The van der Waals surface area contributed by atoms with E-state index in [1.54, 1.807) is 74.5 Å². The minimum Gasteiger partial charge on any atom is -0.0656 e. The molecule has 0 N–H and O–H groups in total. The van der Waals surface area contributed by atoms with Crippen LogP contribution in [0.3, 0.4) is 0 Å². The highest BCUT2D eigenvalue weighted by Gasteiger charge is 2.52. The summed E-state index contributed by atoms with van der Waals surface area (Å²) in [5, 5.41) is 15.4. The Kier molecular flexibility index (Phi) is 12.4. The maximum absolute atomic E-state index is 2.87. The summed E-state index contributed by atoms with van der Waals surface area (Å²) >= 11 is 0. The Morgan fingerprint density at radius 1 is 0.309 bits per heavy atom. The van der Waals surface area contributed by atoms with Crippen molar-refractivity contribution < 1.29 is 0 Å². The van der Waals surface area contributed by atoms with E-state index in [9.17, 15) is 0 Å². The second kappa shape index (κ2) is 14.7. The zero-order valence-electron chi connectivity index (χ0n) is 40.5. The lowest BCUT2D eigenvalue weighted by Crippen LogP contribution is -2.74. The van der Waals surface area contributed by atoms with Crippen molar-refractivity contribution in [3.05, 3.63) is 75.4 Å². The Morgan fingerprint density at radius 3 is 0.709 bits per heavy atom. The molecule has 4 rings (SSSR count). The van der Waals surface area contributed by atoms with Gasteiger partial charge in [-0.25, -0.2) is 0 Å².